The lowest BCUT2D eigenvalue weighted by Gasteiger charge is -2.23. The second-order valence-electron chi connectivity index (χ2n) is 5.77. The summed E-state index contributed by atoms with van der Waals surface area (Å²) < 4.78 is 5.10. The van der Waals surface area contributed by atoms with E-state index in [1.807, 2.05) is 6.29 Å². The van der Waals surface area contributed by atoms with Crippen molar-refractivity contribution in [3.8, 4) is 0 Å². The molecule has 1 fully saturated rings. The fourth-order valence-corrected chi connectivity index (χ4v) is 2.17. The van der Waals surface area contributed by atoms with E-state index in [1.165, 1.54) is 6.42 Å². The first-order valence-corrected chi connectivity index (χ1v) is 6.56. The van der Waals surface area contributed by atoms with Gasteiger partial charge in [0.05, 0.1) is 0 Å². The highest BCUT2D eigenvalue weighted by molar-refractivity contribution is 6.23. The molecule has 1 atom stereocenters. The van der Waals surface area contributed by atoms with Crippen LogP contribution in [0.3, 0.4) is 0 Å². The molecule has 1 aliphatic rings. The number of hydrogen-bond acceptors (Lipinski definition) is 4. The zero-order valence-electron chi connectivity index (χ0n) is 11.4. The second-order valence-corrected chi connectivity index (χ2v) is 5.77. The number of hydrogen-bond donors (Lipinski definition) is 0. The van der Waals surface area contributed by atoms with Gasteiger partial charge in [0.25, 0.3) is 0 Å². The molecule has 0 aliphatic heterocycles. The highest BCUT2D eigenvalue weighted by Gasteiger charge is 2.23. The van der Waals surface area contributed by atoms with Crippen molar-refractivity contribution in [1.29, 1.82) is 0 Å². The van der Waals surface area contributed by atoms with E-state index in [9.17, 15) is 9.59 Å². The number of carbonyl (C=O) groups excluding carboxylic acids is 2. The van der Waals surface area contributed by atoms with Crippen LogP contribution in [0.4, 0.5) is 0 Å². The predicted octanol–water partition coefficient (Wildman–Crippen LogP) is 2.46. The monoisotopic (exact) mass is 252 g/mol. The fraction of sp³-hybridized carbons (Fsp3) is 0.786. The van der Waals surface area contributed by atoms with Crippen molar-refractivity contribution in [3.63, 3.8) is 0 Å². The molecule has 101 valence electrons. The standard InChI is InChI=1S/C14H22NO3/c1-14(2,3)18-13(17)9-15-12(10-16)11-7-5-4-6-8-11/h9,11-12H,4-8H2,1-3H3/t12-/m1/s1. The Morgan fingerprint density at radius 3 is 2.44 bits per heavy atom. The van der Waals surface area contributed by atoms with Gasteiger partial charge in [0.15, 0.2) is 0 Å². The molecule has 0 unspecified atom stereocenters. The number of ether oxygens (including phenoxy) is 1. The minimum Gasteiger partial charge on any atom is -0.456 e. The predicted molar refractivity (Wildman–Crippen MR) is 70.4 cm³/mol. The van der Waals surface area contributed by atoms with Crippen molar-refractivity contribution < 1.29 is 14.3 Å². The minimum absolute atomic E-state index is 0.231. The first kappa shape index (κ1) is 14.9. The first-order valence-electron chi connectivity index (χ1n) is 6.56. The van der Waals surface area contributed by atoms with Crippen molar-refractivity contribution in [3.05, 3.63) is 0 Å². The van der Waals surface area contributed by atoms with Gasteiger partial charge in [0.2, 0.25) is 6.29 Å². The van der Waals surface area contributed by atoms with E-state index < -0.39 is 17.6 Å². The highest BCUT2D eigenvalue weighted by atomic mass is 16.6. The molecule has 0 bridgehead atoms. The summed E-state index contributed by atoms with van der Waals surface area (Å²) in [5.74, 6) is -0.270. The van der Waals surface area contributed by atoms with Crippen LogP contribution in [0, 0.1) is 5.92 Å². The van der Waals surface area contributed by atoms with Crippen LogP contribution in [0.25, 0.3) is 0 Å². The van der Waals surface area contributed by atoms with Gasteiger partial charge >= 0.3 is 5.97 Å². The van der Waals surface area contributed by atoms with Gasteiger partial charge in [-0.05, 0) is 39.5 Å². The van der Waals surface area contributed by atoms with Crippen molar-refractivity contribution in [2.75, 3.05) is 0 Å². The molecule has 4 heteroatoms. The number of nitrogens with zero attached hydrogens (tertiary/aromatic N) is 1. The quantitative estimate of drug-likeness (QED) is 0.570. The number of aliphatic imine (C=N–C) groups is 1. The van der Waals surface area contributed by atoms with Gasteiger partial charge in [-0.25, -0.2) is 4.79 Å². The molecule has 0 N–H and O–H groups in total. The van der Waals surface area contributed by atoms with E-state index in [1.54, 1.807) is 20.8 Å². The normalized spacial score (nSPS) is 19.7. The third-order valence-electron chi connectivity index (χ3n) is 2.96. The molecule has 1 saturated carbocycles. The Hall–Kier alpha value is -1.19. The maximum atomic E-state index is 11.5. The van der Waals surface area contributed by atoms with E-state index in [0.29, 0.717) is 0 Å². The van der Waals surface area contributed by atoms with Crippen LogP contribution >= 0.6 is 0 Å². The Bertz CT molecular complexity index is 311. The van der Waals surface area contributed by atoms with Crippen molar-refractivity contribution >= 4 is 18.5 Å². The lowest BCUT2D eigenvalue weighted by atomic mass is 9.85. The molecule has 0 aromatic heterocycles. The summed E-state index contributed by atoms with van der Waals surface area (Å²) in [4.78, 5) is 26.4. The van der Waals surface area contributed by atoms with Gasteiger partial charge in [-0.2, -0.15) is 0 Å². The van der Waals surface area contributed by atoms with Gasteiger partial charge in [-0.15, -0.1) is 0 Å². The summed E-state index contributed by atoms with van der Waals surface area (Å²) >= 11 is 0. The van der Waals surface area contributed by atoms with Gasteiger partial charge in [0, 0.05) is 0 Å². The zero-order valence-corrected chi connectivity index (χ0v) is 11.4. The molecule has 0 aromatic rings. The van der Waals surface area contributed by atoms with E-state index in [0.717, 1.165) is 31.9 Å². The van der Waals surface area contributed by atoms with Gasteiger partial charge in [0.1, 0.15) is 17.9 Å². The van der Waals surface area contributed by atoms with E-state index in [4.69, 9.17) is 4.74 Å². The maximum absolute atomic E-state index is 11.5. The molecule has 4 nitrogen and oxygen atoms in total. The average Bonchev–Trinajstić information content (AvgIpc) is 2.29. The Morgan fingerprint density at radius 1 is 1.33 bits per heavy atom. The van der Waals surface area contributed by atoms with Crippen LogP contribution in [-0.2, 0) is 14.3 Å². The molecular weight excluding hydrogens is 230 g/mol. The maximum Gasteiger partial charge on any atom is 0.349 e. The highest BCUT2D eigenvalue weighted by Crippen LogP contribution is 2.27. The average molecular weight is 252 g/mol. The van der Waals surface area contributed by atoms with Crippen molar-refractivity contribution in [1.82, 2.24) is 0 Å². The Morgan fingerprint density at radius 2 is 1.94 bits per heavy atom. The van der Waals surface area contributed by atoms with E-state index in [-0.39, 0.29) is 5.92 Å². The minimum atomic E-state index is -0.533. The Balaban J connectivity index is 2.51. The SMILES string of the molecule is CC(C)(C)OC(=O)C=N[C@H]([C]=O)C1CCCCC1. The molecule has 0 aromatic carbocycles. The lowest BCUT2D eigenvalue weighted by molar-refractivity contribution is -0.145. The van der Waals surface area contributed by atoms with Crippen molar-refractivity contribution in [2.45, 2.75) is 64.5 Å². The number of carbonyl (C=O) groups is 1. The molecule has 1 radical (unpaired) electrons. The Labute approximate surface area is 109 Å². The molecule has 0 saturated heterocycles. The van der Waals surface area contributed by atoms with E-state index in [2.05, 4.69) is 4.99 Å². The molecule has 18 heavy (non-hydrogen) atoms. The van der Waals surface area contributed by atoms with Gasteiger partial charge in [-0.3, -0.25) is 9.79 Å². The zero-order chi connectivity index (χ0) is 13.6. The molecular formula is C14H22NO3. The summed E-state index contributed by atoms with van der Waals surface area (Å²) in [6.07, 6.45) is 8.52. The first-order chi connectivity index (χ1) is 8.42. The Kier molecular flexibility index (Phi) is 5.51. The summed E-state index contributed by atoms with van der Waals surface area (Å²) in [6.45, 7) is 5.38. The van der Waals surface area contributed by atoms with Gasteiger partial charge < -0.3 is 4.74 Å². The van der Waals surface area contributed by atoms with Crippen LogP contribution in [0.2, 0.25) is 0 Å². The number of rotatable bonds is 4. The second kappa shape index (κ2) is 6.66. The molecule has 1 rings (SSSR count). The fourth-order valence-electron chi connectivity index (χ4n) is 2.17. The molecule has 1 aliphatic carbocycles. The van der Waals surface area contributed by atoms with Gasteiger partial charge in [-0.1, -0.05) is 19.3 Å². The lowest BCUT2D eigenvalue weighted by Crippen LogP contribution is -2.26. The van der Waals surface area contributed by atoms with Crippen LogP contribution in [0.15, 0.2) is 4.99 Å². The van der Waals surface area contributed by atoms with Crippen LogP contribution in [-0.4, -0.2) is 30.1 Å². The third-order valence-corrected chi connectivity index (χ3v) is 2.96. The number of esters is 1. The van der Waals surface area contributed by atoms with Crippen LogP contribution < -0.4 is 0 Å². The topological polar surface area (TPSA) is 55.7 Å². The summed E-state index contributed by atoms with van der Waals surface area (Å²) in [7, 11) is 0. The molecule has 0 spiro atoms. The summed E-state index contributed by atoms with van der Waals surface area (Å²) in [6, 6.07) is -0.516. The summed E-state index contributed by atoms with van der Waals surface area (Å²) in [5.41, 5.74) is -0.533. The van der Waals surface area contributed by atoms with Crippen LogP contribution in [0.5, 0.6) is 0 Å². The molecule has 0 amide bonds. The summed E-state index contributed by atoms with van der Waals surface area (Å²) in [5, 5.41) is 0. The van der Waals surface area contributed by atoms with Crippen molar-refractivity contribution in [2.24, 2.45) is 10.9 Å². The van der Waals surface area contributed by atoms with Crippen LogP contribution in [0.1, 0.15) is 52.9 Å². The molecule has 0 heterocycles. The smallest absolute Gasteiger partial charge is 0.349 e. The van der Waals surface area contributed by atoms with E-state index >= 15 is 0 Å². The largest absolute Gasteiger partial charge is 0.456 e. The third kappa shape index (κ3) is 5.43.